The SMILES string of the molecule is Cc1sc2ncn(CC(=O)NCC(C)(C)N3CCOCC3)c(=O)c2c1-c1ccccc1. The van der Waals surface area contributed by atoms with Crippen molar-refractivity contribution in [2.75, 3.05) is 32.8 Å². The Morgan fingerprint density at radius 2 is 1.94 bits per heavy atom. The van der Waals surface area contributed by atoms with Crippen LogP contribution >= 0.6 is 11.3 Å². The van der Waals surface area contributed by atoms with Crippen molar-refractivity contribution in [3.8, 4) is 11.1 Å². The van der Waals surface area contributed by atoms with Gasteiger partial charge in [0.1, 0.15) is 11.4 Å². The molecule has 0 unspecified atom stereocenters. The lowest BCUT2D eigenvalue weighted by Gasteiger charge is -2.40. The number of nitrogens with zero attached hydrogens (tertiary/aromatic N) is 3. The largest absolute Gasteiger partial charge is 0.379 e. The van der Waals surface area contributed by atoms with E-state index in [-0.39, 0.29) is 23.6 Å². The molecule has 0 aliphatic carbocycles. The molecule has 1 fully saturated rings. The Balaban J connectivity index is 1.53. The fourth-order valence-corrected chi connectivity index (χ4v) is 5.01. The van der Waals surface area contributed by atoms with Crippen LogP contribution in [0, 0.1) is 6.92 Å². The van der Waals surface area contributed by atoms with Gasteiger partial charge >= 0.3 is 0 Å². The van der Waals surface area contributed by atoms with E-state index in [9.17, 15) is 9.59 Å². The molecule has 7 nitrogen and oxygen atoms in total. The summed E-state index contributed by atoms with van der Waals surface area (Å²) in [5, 5.41) is 3.57. The van der Waals surface area contributed by atoms with Gasteiger partial charge in [0.25, 0.3) is 5.56 Å². The molecule has 0 bridgehead atoms. The molecule has 3 aromatic rings. The number of aryl methyl sites for hydroxylation is 1. The molecule has 1 aromatic carbocycles. The molecule has 31 heavy (non-hydrogen) atoms. The molecule has 1 aliphatic heterocycles. The third-order valence-corrected chi connectivity index (χ3v) is 6.83. The molecule has 1 saturated heterocycles. The number of morpholine rings is 1. The van der Waals surface area contributed by atoms with E-state index in [4.69, 9.17) is 4.74 Å². The number of carbonyl (C=O) groups is 1. The van der Waals surface area contributed by atoms with Gasteiger partial charge in [-0.15, -0.1) is 11.3 Å². The highest BCUT2D eigenvalue weighted by atomic mass is 32.1. The average molecular weight is 441 g/mol. The third kappa shape index (κ3) is 4.56. The number of carbonyl (C=O) groups excluding carboxylic acids is 1. The van der Waals surface area contributed by atoms with Crippen LogP contribution in [-0.2, 0) is 16.1 Å². The van der Waals surface area contributed by atoms with Crippen molar-refractivity contribution in [1.29, 1.82) is 0 Å². The minimum absolute atomic E-state index is 0.0515. The Labute approximate surface area is 185 Å². The predicted octanol–water partition coefficient (Wildman–Crippen LogP) is 2.66. The number of amides is 1. The van der Waals surface area contributed by atoms with E-state index in [2.05, 4.69) is 29.0 Å². The molecule has 0 spiro atoms. The van der Waals surface area contributed by atoms with Crippen LogP contribution in [0.2, 0.25) is 0 Å². The van der Waals surface area contributed by atoms with Crippen molar-refractivity contribution in [2.24, 2.45) is 0 Å². The quantitative estimate of drug-likeness (QED) is 0.638. The number of benzene rings is 1. The zero-order valence-electron chi connectivity index (χ0n) is 18.2. The van der Waals surface area contributed by atoms with Crippen LogP contribution in [-0.4, -0.2) is 58.7 Å². The predicted molar refractivity (Wildman–Crippen MR) is 124 cm³/mol. The van der Waals surface area contributed by atoms with Gasteiger partial charge in [0.15, 0.2) is 0 Å². The molecule has 0 saturated carbocycles. The van der Waals surface area contributed by atoms with Crippen LogP contribution < -0.4 is 10.9 Å². The van der Waals surface area contributed by atoms with Gasteiger partial charge in [0.2, 0.25) is 5.91 Å². The summed E-state index contributed by atoms with van der Waals surface area (Å²) < 4.78 is 6.82. The van der Waals surface area contributed by atoms with Crippen LogP contribution in [0.4, 0.5) is 0 Å². The molecule has 2 aromatic heterocycles. The summed E-state index contributed by atoms with van der Waals surface area (Å²) in [6.07, 6.45) is 1.47. The maximum Gasteiger partial charge on any atom is 0.263 e. The summed E-state index contributed by atoms with van der Waals surface area (Å²) in [7, 11) is 0. The van der Waals surface area contributed by atoms with E-state index in [0.717, 1.165) is 29.1 Å². The summed E-state index contributed by atoms with van der Waals surface area (Å²) in [6, 6.07) is 9.84. The summed E-state index contributed by atoms with van der Waals surface area (Å²) in [6.45, 7) is 9.79. The number of thiophene rings is 1. The summed E-state index contributed by atoms with van der Waals surface area (Å²) in [4.78, 5) is 34.4. The fraction of sp³-hybridized carbons (Fsp3) is 0.435. The number of ether oxygens (including phenoxy) is 1. The van der Waals surface area contributed by atoms with Gasteiger partial charge in [0, 0.05) is 35.6 Å². The standard InChI is InChI=1S/C23H28N4O3S/c1-16-19(17-7-5-4-6-8-17)20-21(31-16)25-15-26(22(20)29)13-18(28)24-14-23(2,3)27-9-11-30-12-10-27/h4-8,15H,9-14H2,1-3H3,(H,24,28). The summed E-state index contributed by atoms with van der Waals surface area (Å²) >= 11 is 1.50. The molecule has 164 valence electrons. The highest BCUT2D eigenvalue weighted by Gasteiger charge is 2.28. The Bertz CT molecular complexity index is 1130. The van der Waals surface area contributed by atoms with E-state index in [0.29, 0.717) is 30.0 Å². The van der Waals surface area contributed by atoms with Gasteiger partial charge in [-0.1, -0.05) is 30.3 Å². The number of aromatic nitrogens is 2. The first-order chi connectivity index (χ1) is 14.9. The first-order valence-corrected chi connectivity index (χ1v) is 11.3. The van der Waals surface area contributed by atoms with Crippen LogP contribution in [0.25, 0.3) is 21.3 Å². The van der Waals surface area contributed by atoms with Crippen LogP contribution in [0.5, 0.6) is 0 Å². The third-order valence-electron chi connectivity index (χ3n) is 5.82. The first-order valence-electron chi connectivity index (χ1n) is 10.5. The van der Waals surface area contributed by atoms with Gasteiger partial charge in [-0.3, -0.25) is 19.1 Å². The molecule has 0 atom stereocenters. The van der Waals surface area contributed by atoms with Gasteiger partial charge in [-0.05, 0) is 26.3 Å². The minimum Gasteiger partial charge on any atom is -0.379 e. The number of fused-ring (bicyclic) bond motifs is 1. The number of nitrogens with one attached hydrogen (secondary N) is 1. The maximum absolute atomic E-state index is 13.2. The monoisotopic (exact) mass is 440 g/mol. The van der Waals surface area contributed by atoms with Crippen molar-refractivity contribution in [3.05, 3.63) is 51.9 Å². The van der Waals surface area contributed by atoms with Crippen molar-refractivity contribution >= 4 is 27.5 Å². The second-order valence-electron chi connectivity index (χ2n) is 8.45. The van der Waals surface area contributed by atoms with E-state index >= 15 is 0 Å². The fourth-order valence-electron chi connectivity index (χ4n) is 4.01. The van der Waals surface area contributed by atoms with Crippen molar-refractivity contribution in [2.45, 2.75) is 32.9 Å². The highest BCUT2D eigenvalue weighted by Crippen LogP contribution is 2.35. The normalized spacial score (nSPS) is 15.3. The molecule has 1 amide bonds. The Morgan fingerprint density at radius 3 is 2.65 bits per heavy atom. The van der Waals surface area contributed by atoms with Gasteiger partial charge in [-0.25, -0.2) is 4.98 Å². The second-order valence-corrected chi connectivity index (χ2v) is 9.65. The van der Waals surface area contributed by atoms with Crippen molar-refractivity contribution < 1.29 is 9.53 Å². The maximum atomic E-state index is 13.2. The first kappa shape index (κ1) is 21.7. The molecular weight excluding hydrogens is 412 g/mol. The number of hydrogen-bond acceptors (Lipinski definition) is 6. The molecular formula is C23H28N4O3S. The molecule has 0 radical (unpaired) electrons. The van der Waals surface area contributed by atoms with E-state index in [1.807, 2.05) is 37.3 Å². The molecule has 1 aliphatic rings. The Kier molecular flexibility index (Phi) is 6.22. The van der Waals surface area contributed by atoms with E-state index < -0.39 is 0 Å². The highest BCUT2D eigenvalue weighted by molar-refractivity contribution is 7.19. The smallest absolute Gasteiger partial charge is 0.263 e. The number of rotatable bonds is 6. The Hall–Kier alpha value is -2.55. The Morgan fingerprint density at radius 1 is 1.23 bits per heavy atom. The van der Waals surface area contributed by atoms with Crippen molar-refractivity contribution in [1.82, 2.24) is 19.8 Å². The molecule has 8 heteroatoms. The van der Waals surface area contributed by atoms with Crippen LogP contribution in [0.1, 0.15) is 18.7 Å². The van der Waals surface area contributed by atoms with E-state index in [1.54, 1.807) is 0 Å². The molecule has 1 N–H and O–H groups in total. The van der Waals surface area contributed by atoms with Gasteiger partial charge in [-0.2, -0.15) is 0 Å². The molecule has 3 heterocycles. The van der Waals surface area contributed by atoms with Crippen LogP contribution in [0.3, 0.4) is 0 Å². The summed E-state index contributed by atoms with van der Waals surface area (Å²) in [5.41, 5.74) is 1.52. The number of hydrogen-bond donors (Lipinski definition) is 1. The van der Waals surface area contributed by atoms with Gasteiger partial charge < -0.3 is 10.1 Å². The average Bonchev–Trinajstić information content (AvgIpc) is 3.12. The van der Waals surface area contributed by atoms with E-state index in [1.165, 1.54) is 22.2 Å². The molecule has 4 rings (SSSR count). The lowest BCUT2D eigenvalue weighted by atomic mass is 10.0. The zero-order chi connectivity index (χ0) is 22.0. The van der Waals surface area contributed by atoms with Gasteiger partial charge in [0.05, 0.1) is 24.9 Å². The minimum atomic E-state index is -0.196. The lowest BCUT2D eigenvalue weighted by molar-refractivity contribution is -0.122. The summed E-state index contributed by atoms with van der Waals surface area (Å²) in [5.74, 6) is -0.196. The zero-order valence-corrected chi connectivity index (χ0v) is 19.0. The topological polar surface area (TPSA) is 76.5 Å². The van der Waals surface area contributed by atoms with Crippen molar-refractivity contribution in [3.63, 3.8) is 0 Å². The van der Waals surface area contributed by atoms with Crippen LogP contribution in [0.15, 0.2) is 41.5 Å². The second kappa shape index (κ2) is 8.90. The lowest BCUT2D eigenvalue weighted by Crippen LogP contribution is -2.55.